The average molecular weight is 392 g/mol. The summed E-state index contributed by atoms with van der Waals surface area (Å²) in [6.07, 6.45) is 3.23. The molecule has 1 aromatic carbocycles. The first-order valence-electron chi connectivity index (χ1n) is 8.55. The molecule has 0 fully saturated rings. The first-order valence-corrected chi connectivity index (χ1v) is 9.99. The Morgan fingerprint density at radius 3 is 2.12 bits per heavy atom. The van der Waals surface area contributed by atoms with Gasteiger partial charge in [0.15, 0.2) is 0 Å². The van der Waals surface area contributed by atoms with Crippen LogP contribution in [0.3, 0.4) is 0 Å². The van der Waals surface area contributed by atoms with E-state index in [0.29, 0.717) is 31.7 Å². The van der Waals surface area contributed by atoms with Crippen molar-refractivity contribution >= 4 is 28.3 Å². The Bertz CT molecular complexity index is 600. The number of hydrogen-bond acceptors (Lipinski definition) is 4. The maximum Gasteiger partial charge on any atom is 0.251 e. The number of carbonyl (C=O) groups is 1. The van der Waals surface area contributed by atoms with Crippen LogP contribution < -0.4 is 11.1 Å². The zero-order valence-electron chi connectivity index (χ0n) is 15.0. The Balaban J connectivity index is 0.00000576. The minimum atomic E-state index is -3.50. The molecule has 0 radical (unpaired) electrons. The molecule has 1 rings (SSSR count). The predicted molar refractivity (Wildman–Crippen MR) is 104 cm³/mol. The third kappa shape index (κ3) is 7.32. The highest BCUT2D eigenvalue weighted by Gasteiger charge is 2.23. The Labute approximate surface area is 157 Å². The van der Waals surface area contributed by atoms with Gasteiger partial charge in [-0.1, -0.05) is 13.8 Å². The molecule has 0 heterocycles. The molecule has 6 nitrogen and oxygen atoms in total. The van der Waals surface area contributed by atoms with Crippen LogP contribution >= 0.6 is 12.4 Å². The van der Waals surface area contributed by atoms with E-state index in [4.69, 9.17) is 5.73 Å². The molecule has 0 aromatic heterocycles. The van der Waals surface area contributed by atoms with Crippen molar-refractivity contribution in [1.82, 2.24) is 9.62 Å². The summed E-state index contributed by atoms with van der Waals surface area (Å²) >= 11 is 0. The SMILES string of the molecule is CCCN(CCC)S(=O)(=O)c1ccc(C(=O)NCCCCN)cc1.Cl. The van der Waals surface area contributed by atoms with E-state index >= 15 is 0 Å². The minimum Gasteiger partial charge on any atom is -0.352 e. The van der Waals surface area contributed by atoms with Crippen LogP contribution in [0.4, 0.5) is 0 Å². The van der Waals surface area contributed by atoms with Crippen LogP contribution in [-0.2, 0) is 10.0 Å². The number of amides is 1. The summed E-state index contributed by atoms with van der Waals surface area (Å²) in [4.78, 5) is 12.2. The van der Waals surface area contributed by atoms with E-state index in [1.54, 1.807) is 12.1 Å². The van der Waals surface area contributed by atoms with E-state index < -0.39 is 10.0 Å². The summed E-state index contributed by atoms with van der Waals surface area (Å²) < 4.78 is 26.8. The lowest BCUT2D eigenvalue weighted by molar-refractivity contribution is 0.0953. The highest BCUT2D eigenvalue weighted by atomic mass is 35.5. The summed E-state index contributed by atoms with van der Waals surface area (Å²) in [6.45, 7) is 6.08. The first kappa shape index (κ1) is 23.9. The minimum absolute atomic E-state index is 0. The molecule has 1 aromatic rings. The van der Waals surface area contributed by atoms with E-state index in [0.717, 1.165) is 25.7 Å². The molecule has 0 bridgehead atoms. The number of rotatable bonds is 11. The van der Waals surface area contributed by atoms with Crippen LogP contribution in [0.2, 0.25) is 0 Å². The Kier molecular flexibility index (Phi) is 11.7. The second kappa shape index (κ2) is 12.2. The van der Waals surface area contributed by atoms with Crippen LogP contribution in [0.1, 0.15) is 49.9 Å². The lowest BCUT2D eigenvalue weighted by Crippen LogP contribution is -2.32. The number of nitrogens with zero attached hydrogens (tertiary/aromatic N) is 1. The largest absolute Gasteiger partial charge is 0.352 e. The summed E-state index contributed by atoms with van der Waals surface area (Å²) in [5.74, 6) is -0.199. The average Bonchev–Trinajstić information content (AvgIpc) is 2.58. The molecular formula is C17H30ClN3O3S. The molecule has 0 aliphatic carbocycles. The maximum atomic E-state index is 12.7. The molecule has 0 spiro atoms. The lowest BCUT2D eigenvalue weighted by atomic mass is 10.2. The van der Waals surface area contributed by atoms with Crippen molar-refractivity contribution in [3.63, 3.8) is 0 Å². The number of nitrogens with two attached hydrogens (primary N) is 1. The number of sulfonamides is 1. The number of unbranched alkanes of at least 4 members (excludes halogenated alkanes) is 1. The Morgan fingerprint density at radius 2 is 1.64 bits per heavy atom. The number of carbonyl (C=O) groups excluding carboxylic acids is 1. The molecule has 25 heavy (non-hydrogen) atoms. The van der Waals surface area contributed by atoms with Gasteiger partial charge in [0.1, 0.15) is 0 Å². The molecule has 0 saturated heterocycles. The third-order valence-electron chi connectivity index (χ3n) is 3.62. The summed E-state index contributed by atoms with van der Waals surface area (Å²) in [5, 5.41) is 2.80. The number of hydrogen-bond donors (Lipinski definition) is 2. The van der Waals surface area contributed by atoms with Gasteiger partial charge in [-0.25, -0.2) is 8.42 Å². The van der Waals surface area contributed by atoms with Crippen LogP contribution in [0.25, 0.3) is 0 Å². The van der Waals surface area contributed by atoms with Gasteiger partial charge in [-0.3, -0.25) is 4.79 Å². The van der Waals surface area contributed by atoms with Gasteiger partial charge >= 0.3 is 0 Å². The highest BCUT2D eigenvalue weighted by Crippen LogP contribution is 2.17. The van der Waals surface area contributed by atoms with Gasteiger partial charge in [-0.05, 0) is 56.5 Å². The molecular weight excluding hydrogens is 362 g/mol. The Hall–Kier alpha value is -1.15. The van der Waals surface area contributed by atoms with Crippen molar-refractivity contribution in [3.05, 3.63) is 29.8 Å². The fourth-order valence-corrected chi connectivity index (χ4v) is 3.98. The molecule has 0 saturated carbocycles. The molecule has 0 aliphatic heterocycles. The third-order valence-corrected chi connectivity index (χ3v) is 5.53. The zero-order valence-corrected chi connectivity index (χ0v) is 16.7. The summed E-state index contributed by atoms with van der Waals surface area (Å²) in [7, 11) is -3.50. The monoisotopic (exact) mass is 391 g/mol. The topological polar surface area (TPSA) is 92.5 Å². The quantitative estimate of drug-likeness (QED) is 0.566. The van der Waals surface area contributed by atoms with Crippen molar-refractivity contribution in [1.29, 1.82) is 0 Å². The van der Waals surface area contributed by atoms with Crippen molar-refractivity contribution < 1.29 is 13.2 Å². The van der Waals surface area contributed by atoms with Crippen LogP contribution in [-0.4, -0.2) is 44.8 Å². The van der Waals surface area contributed by atoms with Crippen molar-refractivity contribution in [2.75, 3.05) is 26.2 Å². The second-order valence-corrected chi connectivity index (χ2v) is 7.62. The van der Waals surface area contributed by atoms with E-state index in [9.17, 15) is 13.2 Å². The molecule has 0 unspecified atom stereocenters. The molecule has 3 N–H and O–H groups in total. The van der Waals surface area contributed by atoms with Crippen molar-refractivity contribution in [2.45, 2.75) is 44.4 Å². The van der Waals surface area contributed by atoms with Gasteiger partial charge in [-0.2, -0.15) is 4.31 Å². The highest BCUT2D eigenvalue weighted by molar-refractivity contribution is 7.89. The van der Waals surface area contributed by atoms with Gasteiger partial charge in [0.05, 0.1) is 4.90 Å². The van der Waals surface area contributed by atoms with E-state index in [2.05, 4.69) is 5.32 Å². The standard InChI is InChI=1S/C17H29N3O3S.ClH/c1-3-13-20(14-4-2)24(22,23)16-9-7-15(8-10-16)17(21)19-12-6-5-11-18;/h7-10H,3-6,11-14,18H2,1-2H3,(H,19,21);1H. The maximum absolute atomic E-state index is 12.7. The predicted octanol–water partition coefficient (Wildman–Crippen LogP) is 2.39. The summed E-state index contributed by atoms with van der Waals surface area (Å²) in [6, 6.07) is 6.12. The fourth-order valence-electron chi connectivity index (χ4n) is 2.35. The van der Waals surface area contributed by atoms with E-state index in [1.807, 2.05) is 13.8 Å². The Morgan fingerprint density at radius 1 is 1.08 bits per heavy atom. The number of nitrogens with one attached hydrogen (secondary N) is 1. The van der Waals surface area contributed by atoms with Crippen molar-refractivity contribution in [2.24, 2.45) is 5.73 Å². The van der Waals surface area contributed by atoms with Crippen LogP contribution in [0.5, 0.6) is 0 Å². The van der Waals surface area contributed by atoms with Crippen LogP contribution in [0, 0.1) is 0 Å². The molecule has 0 atom stereocenters. The number of halogens is 1. The van der Waals surface area contributed by atoms with Crippen LogP contribution in [0.15, 0.2) is 29.2 Å². The summed E-state index contributed by atoms with van der Waals surface area (Å²) in [5.41, 5.74) is 5.87. The van der Waals surface area contributed by atoms with Crippen molar-refractivity contribution in [3.8, 4) is 0 Å². The van der Waals surface area contributed by atoms with Gasteiger partial charge < -0.3 is 11.1 Å². The number of benzene rings is 1. The molecule has 144 valence electrons. The molecule has 0 aliphatic rings. The van der Waals surface area contributed by atoms with E-state index in [1.165, 1.54) is 16.4 Å². The van der Waals surface area contributed by atoms with E-state index in [-0.39, 0.29) is 23.2 Å². The van der Waals surface area contributed by atoms with Gasteiger partial charge in [0.2, 0.25) is 10.0 Å². The lowest BCUT2D eigenvalue weighted by Gasteiger charge is -2.21. The normalized spacial score (nSPS) is 11.2. The van der Waals surface area contributed by atoms with Gasteiger partial charge in [0, 0.05) is 25.2 Å². The molecule has 8 heteroatoms. The smallest absolute Gasteiger partial charge is 0.251 e. The second-order valence-electron chi connectivity index (χ2n) is 5.68. The molecule has 1 amide bonds. The van der Waals surface area contributed by atoms with Gasteiger partial charge in [0.25, 0.3) is 5.91 Å². The zero-order chi connectivity index (χ0) is 18.0. The first-order chi connectivity index (χ1) is 11.5. The van der Waals surface area contributed by atoms with Gasteiger partial charge in [-0.15, -0.1) is 12.4 Å². The fraction of sp³-hybridized carbons (Fsp3) is 0.588.